The number of hydrogen-bond acceptors (Lipinski definition) is 1. The maximum atomic E-state index is 13.3. The number of halogens is 2. The number of hydrogen-bond donors (Lipinski definition) is 1. The summed E-state index contributed by atoms with van der Waals surface area (Å²) >= 11 is 0. The molecule has 114 valence electrons. The fraction of sp³-hybridized carbons (Fsp3) is 0.667. The molecule has 5 rings (SSSR count). The van der Waals surface area contributed by atoms with Gasteiger partial charge in [0.25, 0.3) is 0 Å². The van der Waals surface area contributed by atoms with Gasteiger partial charge >= 0.3 is 0 Å². The molecule has 4 aliphatic rings. The maximum absolute atomic E-state index is 13.3. The van der Waals surface area contributed by atoms with Crippen LogP contribution in [-0.2, 0) is 6.42 Å². The third-order valence-electron chi connectivity index (χ3n) is 6.25. The second kappa shape index (κ2) is 5.05. The molecule has 3 heteroatoms. The highest BCUT2D eigenvalue weighted by Crippen LogP contribution is 2.57. The third-order valence-corrected chi connectivity index (χ3v) is 6.25. The van der Waals surface area contributed by atoms with E-state index >= 15 is 0 Å². The lowest BCUT2D eigenvalue weighted by Crippen LogP contribution is -2.52. The molecule has 4 bridgehead atoms. The molecule has 1 unspecified atom stereocenters. The average Bonchev–Trinajstić information content (AvgIpc) is 2.41. The topological polar surface area (TPSA) is 26.0 Å². The minimum Gasteiger partial charge on any atom is -0.327 e. The molecule has 0 aromatic heterocycles. The van der Waals surface area contributed by atoms with E-state index in [1.165, 1.54) is 44.2 Å². The molecule has 1 nitrogen and oxygen atoms in total. The summed E-state index contributed by atoms with van der Waals surface area (Å²) in [5.74, 6) is 2.50. The summed E-state index contributed by atoms with van der Waals surface area (Å²) in [4.78, 5) is 0. The first kappa shape index (κ1) is 13.7. The largest absolute Gasteiger partial charge is 0.327 e. The lowest BCUT2D eigenvalue weighted by Gasteiger charge is -2.56. The van der Waals surface area contributed by atoms with Gasteiger partial charge in [0, 0.05) is 6.04 Å². The number of nitrogens with two attached hydrogens (primary N) is 1. The fourth-order valence-corrected chi connectivity index (χ4v) is 5.74. The standard InChI is InChI=1S/C18H23F2N/c19-15-2-1-10(8-16(15)20)9-17(21)18-13-4-11-3-12(6-13)7-14(18)5-11/h1-2,8,11-14,17-18H,3-7,9,21H2. The van der Waals surface area contributed by atoms with Crippen molar-refractivity contribution in [3.63, 3.8) is 0 Å². The van der Waals surface area contributed by atoms with Crippen LogP contribution in [0.25, 0.3) is 0 Å². The van der Waals surface area contributed by atoms with Gasteiger partial charge in [-0.3, -0.25) is 0 Å². The van der Waals surface area contributed by atoms with E-state index in [4.69, 9.17) is 5.73 Å². The summed E-state index contributed by atoms with van der Waals surface area (Å²) in [6, 6.07) is 4.29. The first-order chi connectivity index (χ1) is 10.1. The minimum absolute atomic E-state index is 0.0878. The van der Waals surface area contributed by atoms with E-state index < -0.39 is 11.6 Å². The van der Waals surface area contributed by atoms with Gasteiger partial charge in [0.2, 0.25) is 0 Å². The Labute approximate surface area is 124 Å². The van der Waals surface area contributed by atoms with Crippen molar-refractivity contribution >= 4 is 0 Å². The molecule has 0 heterocycles. The zero-order valence-electron chi connectivity index (χ0n) is 12.3. The van der Waals surface area contributed by atoms with Crippen molar-refractivity contribution in [3.05, 3.63) is 35.4 Å². The molecule has 4 saturated carbocycles. The molecule has 0 saturated heterocycles. The minimum atomic E-state index is -0.776. The smallest absolute Gasteiger partial charge is 0.159 e. The Balaban J connectivity index is 1.49. The zero-order valence-corrected chi connectivity index (χ0v) is 12.3. The van der Waals surface area contributed by atoms with E-state index in [-0.39, 0.29) is 6.04 Å². The van der Waals surface area contributed by atoms with E-state index in [0.29, 0.717) is 12.3 Å². The van der Waals surface area contributed by atoms with Crippen LogP contribution in [0.4, 0.5) is 8.78 Å². The Morgan fingerprint density at radius 2 is 1.57 bits per heavy atom. The summed E-state index contributed by atoms with van der Waals surface area (Å²) in [7, 11) is 0. The highest BCUT2D eigenvalue weighted by Gasteiger charge is 2.49. The predicted octanol–water partition coefficient (Wildman–Crippen LogP) is 3.91. The van der Waals surface area contributed by atoms with Gasteiger partial charge in [-0.25, -0.2) is 8.78 Å². The quantitative estimate of drug-likeness (QED) is 0.898. The van der Waals surface area contributed by atoms with E-state index in [1.54, 1.807) is 6.07 Å². The van der Waals surface area contributed by atoms with Crippen LogP contribution in [0.5, 0.6) is 0 Å². The summed E-state index contributed by atoms with van der Waals surface area (Å²) in [5.41, 5.74) is 7.33. The van der Waals surface area contributed by atoms with Gasteiger partial charge in [0.15, 0.2) is 11.6 Å². The Hall–Kier alpha value is -0.960. The normalized spacial score (nSPS) is 38.7. The molecular formula is C18H23F2N. The molecule has 4 fully saturated rings. The first-order valence-electron chi connectivity index (χ1n) is 8.29. The van der Waals surface area contributed by atoms with Crippen molar-refractivity contribution in [1.82, 2.24) is 0 Å². The van der Waals surface area contributed by atoms with Crippen LogP contribution in [0.3, 0.4) is 0 Å². The summed E-state index contributed by atoms with van der Waals surface area (Å²) in [5, 5.41) is 0. The molecule has 0 radical (unpaired) electrons. The Morgan fingerprint density at radius 1 is 0.952 bits per heavy atom. The van der Waals surface area contributed by atoms with Crippen molar-refractivity contribution in [3.8, 4) is 0 Å². The molecule has 1 aromatic rings. The van der Waals surface area contributed by atoms with Crippen molar-refractivity contribution in [2.24, 2.45) is 35.3 Å². The van der Waals surface area contributed by atoms with E-state index in [2.05, 4.69) is 0 Å². The van der Waals surface area contributed by atoms with Crippen LogP contribution in [0.15, 0.2) is 18.2 Å². The molecule has 2 N–H and O–H groups in total. The SMILES string of the molecule is NC(Cc1ccc(F)c(F)c1)C1C2CC3CC(C2)CC1C3. The summed E-state index contributed by atoms with van der Waals surface area (Å²) in [6.45, 7) is 0. The predicted molar refractivity (Wildman–Crippen MR) is 78.6 cm³/mol. The zero-order chi connectivity index (χ0) is 14.6. The van der Waals surface area contributed by atoms with Crippen LogP contribution >= 0.6 is 0 Å². The van der Waals surface area contributed by atoms with Crippen LogP contribution in [0.2, 0.25) is 0 Å². The second-order valence-corrected chi connectivity index (χ2v) is 7.62. The van der Waals surface area contributed by atoms with Crippen molar-refractivity contribution in [2.75, 3.05) is 0 Å². The Morgan fingerprint density at radius 3 is 2.14 bits per heavy atom. The molecule has 0 amide bonds. The van der Waals surface area contributed by atoms with Crippen LogP contribution in [0.1, 0.15) is 37.7 Å². The van der Waals surface area contributed by atoms with Crippen LogP contribution < -0.4 is 5.73 Å². The van der Waals surface area contributed by atoms with Crippen LogP contribution in [-0.4, -0.2) is 6.04 Å². The highest BCUT2D eigenvalue weighted by atomic mass is 19.2. The average molecular weight is 291 g/mol. The van der Waals surface area contributed by atoms with Gasteiger partial charge in [-0.15, -0.1) is 0 Å². The van der Waals surface area contributed by atoms with Gasteiger partial charge < -0.3 is 5.73 Å². The van der Waals surface area contributed by atoms with Gasteiger partial charge in [-0.05, 0) is 85.8 Å². The number of rotatable bonds is 3. The molecule has 21 heavy (non-hydrogen) atoms. The Bertz CT molecular complexity index is 514. The third kappa shape index (κ3) is 2.40. The van der Waals surface area contributed by atoms with Crippen LogP contribution in [0, 0.1) is 41.2 Å². The van der Waals surface area contributed by atoms with Crippen molar-refractivity contribution in [2.45, 2.75) is 44.6 Å². The van der Waals surface area contributed by atoms with Gasteiger partial charge in [0.05, 0.1) is 0 Å². The van der Waals surface area contributed by atoms with Gasteiger partial charge in [-0.1, -0.05) is 6.07 Å². The molecule has 1 aromatic carbocycles. The van der Waals surface area contributed by atoms with Gasteiger partial charge in [0.1, 0.15) is 0 Å². The maximum Gasteiger partial charge on any atom is 0.159 e. The van der Waals surface area contributed by atoms with E-state index in [0.717, 1.165) is 29.2 Å². The van der Waals surface area contributed by atoms with Gasteiger partial charge in [-0.2, -0.15) is 0 Å². The molecular weight excluding hydrogens is 268 g/mol. The van der Waals surface area contributed by atoms with E-state index in [9.17, 15) is 8.78 Å². The van der Waals surface area contributed by atoms with Crippen molar-refractivity contribution < 1.29 is 8.78 Å². The molecule has 4 aliphatic carbocycles. The molecule has 0 spiro atoms. The number of benzene rings is 1. The highest BCUT2D eigenvalue weighted by molar-refractivity contribution is 5.19. The first-order valence-corrected chi connectivity index (χ1v) is 8.29. The molecule has 1 atom stereocenters. The second-order valence-electron chi connectivity index (χ2n) is 7.62. The summed E-state index contributed by atoms with van der Waals surface area (Å²) in [6.07, 6.45) is 7.51. The summed E-state index contributed by atoms with van der Waals surface area (Å²) < 4.78 is 26.4. The fourth-order valence-electron chi connectivity index (χ4n) is 5.74. The van der Waals surface area contributed by atoms with E-state index in [1.807, 2.05) is 0 Å². The van der Waals surface area contributed by atoms with Crippen molar-refractivity contribution in [1.29, 1.82) is 0 Å². The Kier molecular flexibility index (Phi) is 3.29. The lowest BCUT2D eigenvalue weighted by atomic mass is 9.50. The monoisotopic (exact) mass is 291 g/mol. The molecule has 0 aliphatic heterocycles. The lowest BCUT2D eigenvalue weighted by molar-refractivity contribution is -0.0464.